The maximum absolute atomic E-state index is 14.4. The molecule has 0 saturated carbocycles. The summed E-state index contributed by atoms with van der Waals surface area (Å²) in [7, 11) is 0. The average Bonchev–Trinajstić information content (AvgIpc) is 3.45. The molecule has 0 unspecified atom stereocenters. The van der Waals surface area contributed by atoms with E-state index in [2.05, 4.69) is 10.4 Å². The van der Waals surface area contributed by atoms with Crippen molar-refractivity contribution in [2.24, 2.45) is 0 Å². The first-order valence-electron chi connectivity index (χ1n) is 9.86. The van der Waals surface area contributed by atoms with Crippen LogP contribution in [0.1, 0.15) is 16.1 Å². The number of hydrogen-bond donors (Lipinski definition) is 1. The number of nitrogens with zero attached hydrogens (tertiary/aromatic N) is 2. The Kier molecular flexibility index (Phi) is 5.25. The van der Waals surface area contributed by atoms with Crippen LogP contribution in [-0.4, -0.2) is 22.5 Å². The first-order valence-corrected chi connectivity index (χ1v) is 10.2. The van der Waals surface area contributed by atoms with Crippen LogP contribution in [0.25, 0.3) is 16.9 Å². The molecule has 0 spiro atoms. The number of benzene rings is 3. The van der Waals surface area contributed by atoms with E-state index in [9.17, 15) is 9.18 Å². The number of halogens is 2. The van der Waals surface area contributed by atoms with E-state index in [1.165, 1.54) is 10.7 Å². The van der Waals surface area contributed by atoms with Crippen molar-refractivity contribution >= 4 is 17.5 Å². The lowest BCUT2D eigenvalue weighted by Crippen LogP contribution is -2.25. The molecule has 160 valence electrons. The van der Waals surface area contributed by atoms with Gasteiger partial charge < -0.3 is 14.8 Å². The maximum atomic E-state index is 14.4. The van der Waals surface area contributed by atoms with Crippen LogP contribution in [0.3, 0.4) is 0 Å². The van der Waals surface area contributed by atoms with Gasteiger partial charge in [0, 0.05) is 17.1 Å². The summed E-state index contributed by atoms with van der Waals surface area (Å²) in [5, 5.41) is 7.88. The zero-order valence-corrected chi connectivity index (χ0v) is 17.5. The average molecular weight is 450 g/mol. The van der Waals surface area contributed by atoms with Gasteiger partial charge in [-0.2, -0.15) is 5.10 Å². The second-order valence-corrected chi connectivity index (χ2v) is 7.59. The SMILES string of the molecule is O=C(NCc1ccc2c(c1)OCO2)c1cc(-c2ccccc2F)nn1-c1cccc(Cl)c1. The van der Waals surface area contributed by atoms with E-state index in [4.69, 9.17) is 21.1 Å². The Bertz CT molecular complexity index is 1320. The lowest BCUT2D eigenvalue weighted by molar-refractivity contribution is 0.0943. The van der Waals surface area contributed by atoms with Crippen molar-refractivity contribution in [2.75, 3.05) is 6.79 Å². The van der Waals surface area contributed by atoms with Crippen LogP contribution in [0.2, 0.25) is 5.02 Å². The zero-order chi connectivity index (χ0) is 22.1. The monoisotopic (exact) mass is 449 g/mol. The van der Waals surface area contributed by atoms with E-state index < -0.39 is 5.82 Å². The molecule has 1 N–H and O–H groups in total. The van der Waals surface area contributed by atoms with Crippen LogP contribution in [0, 0.1) is 5.82 Å². The Morgan fingerprint density at radius 3 is 2.72 bits per heavy atom. The van der Waals surface area contributed by atoms with E-state index in [1.54, 1.807) is 54.6 Å². The molecule has 4 aromatic rings. The highest BCUT2D eigenvalue weighted by atomic mass is 35.5. The molecule has 3 aromatic carbocycles. The molecular formula is C24H17ClFN3O3. The van der Waals surface area contributed by atoms with E-state index in [0.717, 1.165) is 5.56 Å². The smallest absolute Gasteiger partial charge is 0.270 e. The summed E-state index contributed by atoms with van der Waals surface area (Å²) in [6.45, 7) is 0.452. The first kappa shape index (κ1) is 20.1. The van der Waals surface area contributed by atoms with Crippen LogP contribution in [-0.2, 0) is 6.54 Å². The second-order valence-electron chi connectivity index (χ2n) is 7.16. The minimum absolute atomic E-state index is 0.183. The molecule has 32 heavy (non-hydrogen) atoms. The van der Waals surface area contributed by atoms with Crippen LogP contribution in [0.5, 0.6) is 11.5 Å². The van der Waals surface area contributed by atoms with Crippen molar-refractivity contribution < 1.29 is 18.7 Å². The standard InChI is InChI=1S/C24H17ClFN3O3/c25-16-4-3-5-17(11-16)29-21(12-20(28-29)18-6-1-2-7-19(18)26)24(30)27-13-15-8-9-22-23(10-15)32-14-31-22/h1-12H,13-14H2,(H,27,30). The Morgan fingerprint density at radius 1 is 1.03 bits per heavy atom. The molecule has 5 rings (SSSR count). The number of aromatic nitrogens is 2. The number of nitrogens with one attached hydrogen (secondary N) is 1. The minimum atomic E-state index is -0.421. The Balaban J connectivity index is 1.47. The highest BCUT2D eigenvalue weighted by molar-refractivity contribution is 6.30. The lowest BCUT2D eigenvalue weighted by atomic mass is 10.1. The molecule has 0 saturated heterocycles. The maximum Gasteiger partial charge on any atom is 0.270 e. The number of carbonyl (C=O) groups excluding carboxylic acids is 1. The van der Waals surface area contributed by atoms with E-state index in [0.29, 0.717) is 33.5 Å². The van der Waals surface area contributed by atoms with Crippen LogP contribution in [0.15, 0.2) is 72.8 Å². The van der Waals surface area contributed by atoms with Gasteiger partial charge in [0.25, 0.3) is 5.91 Å². The van der Waals surface area contributed by atoms with Crippen molar-refractivity contribution in [3.63, 3.8) is 0 Å². The third-order valence-corrected chi connectivity index (χ3v) is 5.27. The van der Waals surface area contributed by atoms with Gasteiger partial charge in [-0.3, -0.25) is 4.79 Å². The molecule has 8 heteroatoms. The van der Waals surface area contributed by atoms with E-state index in [1.807, 2.05) is 12.1 Å². The summed E-state index contributed by atoms with van der Waals surface area (Å²) >= 11 is 6.14. The summed E-state index contributed by atoms with van der Waals surface area (Å²) in [5.74, 6) is 0.532. The number of fused-ring (bicyclic) bond motifs is 1. The van der Waals surface area contributed by atoms with Crippen molar-refractivity contribution in [3.05, 3.63) is 94.9 Å². The summed E-state index contributed by atoms with van der Waals surface area (Å²) in [5.41, 5.74) is 2.35. The number of amides is 1. The van der Waals surface area contributed by atoms with Crippen LogP contribution < -0.4 is 14.8 Å². The molecule has 1 aliphatic heterocycles. The predicted molar refractivity (Wildman–Crippen MR) is 118 cm³/mol. The highest BCUT2D eigenvalue weighted by Gasteiger charge is 2.20. The summed E-state index contributed by atoms with van der Waals surface area (Å²) in [6, 6.07) is 20.3. The zero-order valence-electron chi connectivity index (χ0n) is 16.7. The summed E-state index contributed by atoms with van der Waals surface area (Å²) in [6.07, 6.45) is 0. The normalized spacial score (nSPS) is 12.1. The van der Waals surface area contributed by atoms with Gasteiger partial charge in [-0.15, -0.1) is 0 Å². The van der Waals surface area contributed by atoms with Crippen molar-refractivity contribution in [2.45, 2.75) is 6.54 Å². The van der Waals surface area contributed by atoms with E-state index in [-0.39, 0.29) is 24.9 Å². The minimum Gasteiger partial charge on any atom is -0.454 e. The van der Waals surface area contributed by atoms with Gasteiger partial charge in [-0.05, 0) is 54.1 Å². The van der Waals surface area contributed by atoms with Crippen LogP contribution >= 0.6 is 11.6 Å². The molecule has 1 amide bonds. The van der Waals surface area contributed by atoms with Gasteiger partial charge in [0.15, 0.2) is 11.5 Å². The lowest BCUT2D eigenvalue weighted by Gasteiger charge is -2.09. The molecule has 1 aliphatic rings. The first-order chi connectivity index (χ1) is 15.6. The highest BCUT2D eigenvalue weighted by Crippen LogP contribution is 2.32. The molecule has 0 aliphatic carbocycles. The molecule has 0 fully saturated rings. The van der Waals surface area contributed by atoms with Crippen molar-refractivity contribution in [1.29, 1.82) is 0 Å². The molecule has 0 atom stereocenters. The number of ether oxygens (including phenoxy) is 2. The summed E-state index contributed by atoms with van der Waals surface area (Å²) < 4.78 is 26.5. The fourth-order valence-corrected chi connectivity index (χ4v) is 3.66. The van der Waals surface area contributed by atoms with Gasteiger partial charge in [-0.25, -0.2) is 9.07 Å². The van der Waals surface area contributed by atoms with Gasteiger partial charge in [0.1, 0.15) is 11.5 Å². The van der Waals surface area contributed by atoms with Gasteiger partial charge in [0.05, 0.1) is 11.4 Å². The molecule has 0 bridgehead atoms. The number of hydrogen-bond acceptors (Lipinski definition) is 4. The molecular weight excluding hydrogens is 433 g/mol. The largest absolute Gasteiger partial charge is 0.454 e. The molecule has 0 radical (unpaired) electrons. The third kappa shape index (κ3) is 3.90. The van der Waals surface area contributed by atoms with Gasteiger partial charge in [0.2, 0.25) is 6.79 Å². The van der Waals surface area contributed by atoms with E-state index >= 15 is 0 Å². The molecule has 6 nitrogen and oxygen atoms in total. The molecule has 1 aromatic heterocycles. The number of rotatable bonds is 5. The van der Waals surface area contributed by atoms with Crippen LogP contribution in [0.4, 0.5) is 4.39 Å². The number of carbonyl (C=O) groups is 1. The topological polar surface area (TPSA) is 65.4 Å². The van der Waals surface area contributed by atoms with Gasteiger partial charge in [-0.1, -0.05) is 35.9 Å². The summed E-state index contributed by atoms with van der Waals surface area (Å²) in [4.78, 5) is 13.1. The quantitative estimate of drug-likeness (QED) is 0.466. The molecule has 2 heterocycles. The Hall–Kier alpha value is -3.84. The second kappa shape index (κ2) is 8.36. The third-order valence-electron chi connectivity index (χ3n) is 5.03. The van der Waals surface area contributed by atoms with Crippen molar-refractivity contribution in [3.8, 4) is 28.4 Å². The van der Waals surface area contributed by atoms with Crippen molar-refractivity contribution in [1.82, 2.24) is 15.1 Å². The predicted octanol–water partition coefficient (Wildman–Crippen LogP) is 4.99. The Morgan fingerprint density at radius 2 is 1.88 bits per heavy atom. The fourth-order valence-electron chi connectivity index (χ4n) is 3.47. The Labute approximate surface area is 188 Å². The fraction of sp³-hybridized carbons (Fsp3) is 0.0833. The van der Waals surface area contributed by atoms with Gasteiger partial charge >= 0.3 is 0 Å².